The number of pyridine rings is 1. The summed E-state index contributed by atoms with van der Waals surface area (Å²) in [6.45, 7) is 0.630. The number of carbonyl (C=O) groups is 1. The second-order valence-corrected chi connectivity index (χ2v) is 13.5. The molecule has 212 valence electrons. The maximum atomic E-state index is 11.8. The molecule has 0 atom stereocenters. The molecule has 2 saturated carbocycles. The van der Waals surface area contributed by atoms with Crippen LogP contribution in [0, 0.1) is 0 Å². The third-order valence-corrected chi connectivity index (χ3v) is 9.66. The van der Waals surface area contributed by atoms with Crippen molar-refractivity contribution in [3.8, 4) is 11.3 Å². The van der Waals surface area contributed by atoms with Gasteiger partial charge in [-0.25, -0.2) is 32.7 Å². The SMILES string of the molecule is CNc1ccc(-c2cncc(C3CC3)n2)cn1.CS(=O)(=O)N1CCC(C=O)(c2nccc(NSC3CC3)n2)CC1. The topological polar surface area (TPSA) is 143 Å². The zero-order valence-electron chi connectivity index (χ0n) is 22.7. The number of nitrogens with one attached hydrogen (secondary N) is 2. The molecule has 1 saturated heterocycles. The third kappa shape index (κ3) is 7.12. The van der Waals surface area contributed by atoms with Gasteiger partial charge in [0.1, 0.15) is 23.7 Å². The van der Waals surface area contributed by atoms with Crippen LogP contribution in [0.4, 0.5) is 11.6 Å². The summed E-state index contributed by atoms with van der Waals surface area (Å²) in [6, 6.07) is 5.74. The predicted octanol–water partition coefficient (Wildman–Crippen LogP) is 3.65. The zero-order chi connectivity index (χ0) is 28.2. The van der Waals surface area contributed by atoms with Crippen LogP contribution in [0.2, 0.25) is 0 Å². The van der Waals surface area contributed by atoms with E-state index in [0.717, 1.165) is 29.1 Å². The summed E-state index contributed by atoms with van der Waals surface area (Å²) >= 11 is 1.64. The van der Waals surface area contributed by atoms with Crippen LogP contribution < -0.4 is 10.0 Å². The molecular weight excluding hydrogens is 548 g/mol. The second kappa shape index (κ2) is 12.1. The van der Waals surface area contributed by atoms with E-state index in [4.69, 9.17) is 0 Å². The molecule has 0 spiro atoms. The molecule has 3 aliphatic rings. The highest BCUT2D eigenvalue weighted by atomic mass is 32.2. The van der Waals surface area contributed by atoms with Crippen molar-refractivity contribution in [2.24, 2.45) is 0 Å². The summed E-state index contributed by atoms with van der Waals surface area (Å²) in [5.74, 6) is 2.66. The zero-order valence-corrected chi connectivity index (χ0v) is 24.3. The van der Waals surface area contributed by atoms with Gasteiger partial charge in [-0.2, -0.15) is 0 Å². The van der Waals surface area contributed by atoms with Gasteiger partial charge in [0.2, 0.25) is 10.0 Å². The summed E-state index contributed by atoms with van der Waals surface area (Å²) in [4.78, 5) is 33.7. The maximum Gasteiger partial charge on any atom is 0.211 e. The molecule has 3 aromatic rings. The maximum absolute atomic E-state index is 11.8. The van der Waals surface area contributed by atoms with E-state index in [2.05, 4.69) is 35.0 Å². The fraction of sp³-hybridized carbons (Fsp3) is 0.481. The molecule has 0 radical (unpaired) electrons. The van der Waals surface area contributed by atoms with Crippen molar-refractivity contribution in [3.63, 3.8) is 0 Å². The largest absolute Gasteiger partial charge is 0.373 e. The van der Waals surface area contributed by atoms with Crippen LogP contribution in [-0.2, 0) is 20.2 Å². The molecule has 0 bridgehead atoms. The summed E-state index contributed by atoms with van der Waals surface area (Å²) in [7, 11) is -1.37. The van der Waals surface area contributed by atoms with Crippen LogP contribution in [-0.4, -0.2) is 75.6 Å². The number of hydrogen-bond acceptors (Lipinski definition) is 11. The first-order valence-corrected chi connectivity index (χ1v) is 16.2. The summed E-state index contributed by atoms with van der Waals surface area (Å²) < 4.78 is 27.9. The highest BCUT2D eigenvalue weighted by molar-refractivity contribution is 8.01. The fourth-order valence-electron chi connectivity index (χ4n) is 4.39. The lowest BCUT2D eigenvalue weighted by Gasteiger charge is -2.35. The number of nitrogens with zero attached hydrogens (tertiary/aromatic N) is 6. The van der Waals surface area contributed by atoms with E-state index in [0.29, 0.717) is 48.7 Å². The molecule has 1 aliphatic heterocycles. The Morgan fingerprint density at radius 1 is 1.00 bits per heavy atom. The van der Waals surface area contributed by atoms with Crippen LogP contribution in [0.5, 0.6) is 0 Å². The Labute approximate surface area is 239 Å². The number of rotatable bonds is 9. The van der Waals surface area contributed by atoms with Crippen molar-refractivity contribution in [3.05, 3.63) is 54.5 Å². The first-order valence-electron chi connectivity index (χ1n) is 13.4. The van der Waals surface area contributed by atoms with Crippen molar-refractivity contribution < 1.29 is 13.2 Å². The van der Waals surface area contributed by atoms with Gasteiger partial charge in [-0.1, -0.05) is 0 Å². The van der Waals surface area contributed by atoms with E-state index in [1.54, 1.807) is 30.4 Å². The van der Waals surface area contributed by atoms with E-state index in [9.17, 15) is 13.2 Å². The second-order valence-electron chi connectivity index (χ2n) is 10.4. The van der Waals surface area contributed by atoms with Crippen molar-refractivity contribution in [2.75, 3.05) is 36.4 Å². The molecule has 0 amide bonds. The van der Waals surface area contributed by atoms with Gasteiger partial charge >= 0.3 is 0 Å². The van der Waals surface area contributed by atoms with Crippen LogP contribution in [0.3, 0.4) is 0 Å². The van der Waals surface area contributed by atoms with Crippen LogP contribution in [0.1, 0.15) is 56.0 Å². The smallest absolute Gasteiger partial charge is 0.211 e. The first-order chi connectivity index (χ1) is 19.3. The molecule has 3 fully saturated rings. The monoisotopic (exact) mass is 582 g/mol. The summed E-state index contributed by atoms with van der Waals surface area (Å²) in [5.41, 5.74) is 2.23. The fourth-order valence-corrected chi connectivity index (χ4v) is 6.00. The highest BCUT2D eigenvalue weighted by Gasteiger charge is 2.41. The number of aldehydes is 1. The van der Waals surface area contributed by atoms with E-state index in [1.165, 1.54) is 36.2 Å². The van der Waals surface area contributed by atoms with E-state index >= 15 is 0 Å². The van der Waals surface area contributed by atoms with Gasteiger partial charge in [-0.3, -0.25) is 4.98 Å². The van der Waals surface area contributed by atoms with Gasteiger partial charge in [-0.15, -0.1) is 0 Å². The Morgan fingerprint density at radius 3 is 2.38 bits per heavy atom. The molecular formula is C27H34N8O3S2. The minimum absolute atomic E-state index is 0.315. The molecule has 2 aliphatic carbocycles. The number of carbonyl (C=O) groups excluding carboxylic acids is 1. The summed E-state index contributed by atoms with van der Waals surface area (Å²) in [6.07, 6.45) is 14.9. The average Bonchev–Trinajstić information content (AvgIpc) is 3.91. The third-order valence-electron chi connectivity index (χ3n) is 7.23. The molecule has 6 rings (SSSR count). The molecule has 0 aromatic carbocycles. The normalized spacial score (nSPS) is 18.8. The van der Waals surface area contributed by atoms with Crippen molar-refractivity contribution >= 4 is 39.9 Å². The number of sulfonamides is 1. The summed E-state index contributed by atoms with van der Waals surface area (Å²) in [5, 5.41) is 3.64. The molecule has 11 nitrogen and oxygen atoms in total. The molecule has 3 aromatic heterocycles. The van der Waals surface area contributed by atoms with E-state index in [-0.39, 0.29) is 0 Å². The van der Waals surface area contributed by atoms with Crippen molar-refractivity contribution in [1.29, 1.82) is 0 Å². The van der Waals surface area contributed by atoms with Gasteiger partial charge < -0.3 is 14.8 Å². The van der Waals surface area contributed by atoms with Crippen molar-refractivity contribution in [2.45, 2.75) is 55.1 Å². The highest BCUT2D eigenvalue weighted by Crippen LogP contribution is 2.39. The standard InChI is InChI=1S/C14H20N4O3S2.C13H14N4/c1-23(20,21)18-8-5-14(10-19,6-9-18)13-15-7-4-12(16-13)17-22-11-2-3-11;1-14-13-5-4-10(6-16-13)12-8-15-7-11(17-12)9-2-3-9/h4,7,10-11H,2-3,5-6,8-9H2,1H3,(H,15,16,17);4-9H,2-3H2,1H3,(H,14,16). The number of anilines is 2. The first kappa shape index (κ1) is 28.4. The van der Waals surface area contributed by atoms with E-state index < -0.39 is 15.4 Å². The predicted molar refractivity (Wildman–Crippen MR) is 156 cm³/mol. The number of hydrogen-bond donors (Lipinski definition) is 2. The Bertz CT molecular complexity index is 1420. The minimum Gasteiger partial charge on any atom is -0.373 e. The Morgan fingerprint density at radius 2 is 1.77 bits per heavy atom. The lowest BCUT2D eigenvalue weighted by Crippen LogP contribution is -2.46. The molecule has 13 heteroatoms. The van der Waals surface area contributed by atoms with Gasteiger partial charge in [0.25, 0.3) is 0 Å². The number of piperidine rings is 1. The molecule has 0 unspecified atom stereocenters. The Balaban J connectivity index is 0.000000168. The van der Waals surface area contributed by atoms with Gasteiger partial charge in [0.15, 0.2) is 0 Å². The van der Waals surface area contributed by atoms with Crippen LogP contribution in [0.15, 0.2) is 43.0 Å². The lowest BCUT2D eigenvalue weighted by atomic mass is 9.79. The van der Waals surface area contributed by atoms with Crippen molar-refractivity contribution in [1.82, 2.24) is 29.2 Å². The molecule has 40 heavy (non-hydrogen) atoms. The average molecular weight is 583 g/mol. The number of aromatic nitrogens is 5. The van der Waals surface area contributed by atoms with Gasteiger partial charge in [0, 0.05) is 55.5 Å². The van der Waals surface area contributed by atoms with Crippen LogP contribution >= 0.6 is 11.9 Å². The molecule has 2 N–H and O–H groups in total. The van der Waals surface area contributed by atoms with Gasteiger partial charge in [-0.05, 0) is 68.7 Å². The van der Waals surface area contributed by atoms with E-state index in [1.807, 2.05) is 31.6 Å². The van der Waals surface area contributed by atoms with Crippen LogP contribution in [0.25, 0.3) is 11.3 Å². The van der Waals surface area contributed by atoms with Gasteiger partial charge in [0.05, 0.1) is 29.3 Å². The lowest BCUT2D eigenvalue weighted by molar-refractivity contribution is -0.114. The molecule has 4 heterocycles. The minimum atomic E-state index is -3.22. The Hall–Kier alpha value is -3.16. The Kier molecular flexibility index (Phi) is 8.62. The quantitative estimate of drug-likeness (QED) is 0.282.